The molecule has 4 unspecified atom stereocenters. The number of carbonyl (C=O) groups excluding carboxylic acids is 6. The molecule has 0 heterocycles. The summed E-state index contributed by atoms with van der Waals surface area (Å²) >= 11 is 0. The summed E-state index contributed by atoms with van der Waals surface area (Å²) < 4.78 is 43.1. The van der Waals surface area contributed by atoms with Crippen molar-refractivity contribution in [2.45, 2.75) is 52.1 Å². The van der Waals surface area contributed by atoms with Crippen LogP contribution in [-0.4, -0.2) is 100 Å². The number of carbonyl (C=O) groups is 6. The average molecular weight is 563 g/mol. The molecule has 0 aromatic rings. The zero-order valence-electron chi connectivity index (χ0n) is 22.2. The molecule has 0 aromatic carbocycles. The number of hydrogen-bond acceptors (Lipinski definition) is 15. The Bertz CT molecular complexity index is 784. The summed E-state index contributed by atoms with van der Waals surface area (Å²) in [5, 5.41) is 0. The standard InChI is InChI=1S/C24H34O15/c1-7-9-32-19(25)15(3)36-21(27)17(5)38-23(29)34-13-11-31-12-14-35-24(30)39-18(6)22(28)37-16(4)20(26)33-10-8-2/h7-8,15-18H,1-2,9-14H2,3-6H3. The Morgan fingerprint density at radius 1 is 0.513 bits per heavy atom. The molecular weight excluding hydrogens is 528 g/mol. The van der Waals surface area contributed by atoms with Crippen LogP contribution >= 0.6 is 0 Å². The van der Waals surface area contributed by atoms with Crippen molar-refractivity contribution >= 4 is 36.2 Å². The fourth-order valence-electron chi connectivity index (χ4n) is 2.08. The lowest BCUT2D eigenvalue weighted by molar-refractivity contribution is -0.171. The van der Waals surface area contributed by atoms with Gasteiger partial charge < -0.3 is 42.6 Å². The van der Waals surface area contributed by atoms with E-state index in [0.29, 0.717) is 0 Å². The van der Waals surface area contributed by atoms with Gasteiger partial charge in [0.2, 0.25) is 0 Å². The molecule has 220 valence electrons. The molecule has 0 aliphatic carbocycles. The summed E-state index contributed by atoms with van der Waals surface area (Å²) in [7, 11) is 0. The van der Waals surface area contributed by atoms with Crippen LogP contribution in [0.1, 0.15) is 27.7 Å². The molecule has 0 amide bonds. The van der Waals surface area contributed by atoms with Gasteiger partial charge in [-0.2, -0.15) is 0 Å². The second kappa shape index (κ2) is 19.9. The van der Waals surface area contributed by atoms with E-state index in [-0.39, 0.29) is 39.6 Å². The van der Waals surface area contributed by atoms with E-state index in [9.17, 15) is 28.8 Å². The summed E-state index contributed by atoms with van der Waals surface area (Å²) in [5.41, 5.74) is 0. The third-order valence-electron chi connectivity index (χ3n) is 4.04. The summed E-state index contributed by atoms with van der Waals surface area (Å²) in [4.78, 5) is 70.2. The molecule has 4 atom stereocenters. The molecule has 0 rings (SSSR count). The zero-order valence-corrected chi connectivity index (χ0v) is 22.2. The van der Waals surface area contributed by atoms with Crippen LogP contribution in [0.4, 0.5) is 9.59 Å². The Morgan fingerprint density at radius 3 is 1.18 bits per heavy atom. The average Bonchev–Trinajstić information content (AvgIpc) is 2.89. The molecule has 0 N–H and O–H groups in total. The monoisotopic (exact) mass is 562 g/mol. The molecule has 15 nitrogen and oxygen atoms in total. The van der Waals surface area contributed by atoms with E-state index < -0.39 is 60.6 Å². The highest BCUT2D eigenvalue weighted by Crippen LogP contribution is 2.04. The minimum absolute atomic E-state index is 0.0514. The molecule has 0 radical (unpaired) electrons. The van der Waals surface area contributed by atoms with Crippen LogP contribution in [0.2, 0.25) is 0 Å². The quantitative estimate of drug-likeness (QED) is 0.101. The molecule has 0 fully saturated rings. The first-order chi connectivity index (χ1) is 18.4. The van der Waals surface area contributed by atoms with Gasteiger partial charge in [-0.25, -0.2) is 28.8 Å². The van der Waals surface area contributed by atoms with Crippen molar-refractivity contribution in [3.8, 4) is 0 Å². The predicted molar refractivity (Wildman–Crippen MR) is 128 cm³/mol. The SMILES string of the molecule is C=CCOC(=O)C(C)OC(=O)C(C)OC(=O)OCCOCCOC(=O)OC(C)C(=O)OC(C)C(=O)OCC=C. The van der Waals surface area contributed by atoms with E-state index in [0.717, 1.165) is 0 Å². The van der Waals surface area contributed by atoms with Crippen molar-refractivity contribution in [3.63, 3.8) is 0 Å². The highest BCUT2D eigenvalue weighted by molar-refractivity contribution is 5.82. The maximum atomic E-state index is 11.9. The van der Waals surface area contributed by atoms with Crippen molar-refractivity contribution < 1.29 is 71.4 Å². The Balaban J connectivity index is 4.03. The highest BCUT2D eigenvalue weighted by atomic mass is 16.7. The van der Waals surface area contributed by atoms with E-state index in [1.165, 1.54) is 39.8 Å². The topological polar surface area (TPSA) is 185 Å². The van der Waals surface area contributed by atoms with Crippen LogP contribution in [0.5, 0.6) is 0 Å². The molecule has 0 aromatic heterocycles. The Kier molecular flexibility index (Phi) is 17.8. The molecule has 0 aliphatic rings. The lowest BCUT2D eigenvalue weighted by Crippen LogP contribution is -2.33. The highest BCUT2D eigenvalue weighted by Gasteiger charge is 2.27. The molecule has 0 bridgehead atoms. The van der Waals surface area contributed by atoms with Gasteiger partial charge in [0, 0.05) is 0 Å². The van der Waals surface area contributed by atoms with Crippen LogP contribution in [0, 0.1) is 0 Å². The number of ether oxygens (including phenoxy) is 9. The first kappa shape index (κ1) is 34.9. The van der Waals surface area contributed by atoms with Crippen molar-refractivity contribution in [2.75, 3.05) is 39.6 Å². The molecule has 39 heavy (non-hydrogen) atoms. The van der Waals surface area contributed by atoms with Gasteiger partial charge >= 0.3 is 36.2 Å². The van der Waals surface area contributed by atoms with E-state index in [1.54, 1.807) is 0 Å². The van der Waals surface area contributed by atoms with Crippen LogP contribution in [0.3, 0.4) is 0 Å². The summed E-state index contributed by atoms with van der Waals surface area (Å²) in [5.74, 6) is -3.56. The fourth-order valence-corrected chi connectivity index (χ4v) is 2.08. The Hall–Kier alpha value is -4.14. The minimum atomic E-state index is -1.36. The van der Waals surface area contributed by atoms with Crippen molar-refractivity contribution in [1.82, 2.24) is 0 Å². The van der Waals surface area contributed by atoms with E-state index >= 15 is 0 Å². The number of hydrogen-bond donors (Lipinski definition) is 0. The molecular formula is C24H34O15. The third-order valence-corrected chi connectivity index (χ3v) is 4.04. The van der Waals surface area contributed by atoms with Gasteiger partial charge in [-0.3, -0.25) is 0 Å². The van der Waals surface area contributed by atoms with E-state index in [2.05, 4.69) is 13.2 Å². The smallest absolute Gasteiger partial charge is 0.459 e. The second-order valence-corrected chi connectivity index (χ2v) is 7.33. The zero-order chi connectivity index (χ0) is 29.8. The van der Waals surface area contributed by atoms with Gasteiger partial charge in [-0.05, 0) is 27.7 Å². The number of rotatable bonds is 18. The second-order valence-electron chi connectivity index (χ2n) is 7.33. The summed E-state index contributed by atoms with van der Waals surface area (Å²) in [6, 6.07) is 0. The van der Waals surface area contributed by atoms with Crippen LogP contribution in [0.15, 0.2) is 25.3 Å². The normalized spacial score (nSPS) is 13.2. The maximum Gasteiger partial charge on any atom is 0.509 e. The third kappa shape index (κ3) is 16.3. The largest absolute Gasteiger partial charge is 0.509 e. The lowest BCUT2D eigenvalue weighted by Gasteiger charge is -2.16. The van der Waals surface area contributed by atoms with Gasteiger partial charge in [-0.15, -0.1) is 0 Å². The van der Waals surface area contributed by atoms with E-state index in [4.69, 9.17) is 42.6 Å². The van der Waals surface area contributed by atoms with Crippen LogP contribution in [0.25, 0.3) is 0 Å². The van der Waals surface area contributed by atoms with Crippen molar-refractivity contribution in [3.05, 3.63) is 25.3 Å². The predicted octanol–water partition coefficient (Wildman–Crippen LogP) is 1.41. The van der Waals surface area contributed by atoms with Crippen molar-refractivity contribution in [1.29, 1.82) is 0 Å². The molecule has 15 heteroatoms. The Morgan fingerprint density at radius 2 is 0.846 bits per heavy atom. The Labute approximate surface area is 225 Å². The van der Waals surface area contributed by atoms with Gasteiger partial charge in [0.1, 0.15) is 26.4 Å². The molecule has 0 saturated carbocycles. The first-order valence-electron chi connectivity index (χ1n) is 11.6. The van der Waals surface area contributed by atoms with Gasteiger partial charge in [0.25, 0.3) is 0 Å². The fraction of sp³-hybridized carbons (Fsp3) is 0.583. The molecule has 0 saturated heterocycles. The van der Waals surface area contributed by atoms with Gasteiger partial charge in [0.05, 0.1) is 13.2 Å². The summed E-state index contributed by atoms with van der Waals surface area (Å²) in [6.07, 6.45) is -4.83. The first-order valence-corrected chi connectivity index (χ1v) is 11.6. The maximum absolute atomic E-state index is 11.9. The number of esters is 4. The van der Waals surface area contributed by atoms with Crippen molar-refractivity contribution in [2.24, 2.45) is 0 Å². The summed E-state index contributed by atoms with van der Waals surface area (Å²) in [6.45, 7) is 10.9. The molecule has 0 spiro atoms. The molecule has 0 aliphatic heterocycles. The lowest BCUT2D eigenvalue weighted by atomic mass is 10.4. The minimum Gasteiger partial charge on any atom is -0.459 e. The van der Waals surface area contributed by atoms with Gasteiger partial charge in [0.15, 0.2) is 24.4 Å². The van der Waals surface area contributed by atoms with E-state index in [1.807, 2.05) is 0 Å². The van der Waals surface area contributed by atoms with Crippen LogP contribution in [-0.2, 0) is 61.8 Å². The van der Waals surface area contributed by atoms with Gasteiger partial charge in [-0.1, -0.05) is 25.3 Å². The van der Waals surface area contributed by atoms with Crippen LogP contribution < -0.4 is 0 Å².